The molecule has 0 radical (unpaired) electrons. The Morgan fingerprint density at radius 3 is 1.44 bits per heavy atom. The van der Waals surface area contributed by atoms with Crippen molar-refractivity contribution in [3.63, 3.8) is 0 Å². The predicted molar refractivity (Wildman–Crippen MR) is 33.6 cm³/mol. The Kier molecular flexibility index (Phi) is 3.17. The second kappa shape index (κ2) is 3.41. The van der Waals surface area contributed by atoms with Gasteiger partial charge >= 0.3 is 0 Å². The predicted octanol–water partition coefficient (Wildman–Crippen LogP) is 2.39. The summed E-state index contributed by atoms with van der Waals surface area (Å²) in [6.07, 6.45) is 0. The van der Waals surface area contributed by atoms with Crippen LogP contribution in [0, 0.1) is 11.6 Å². The summed E-state index contributed by atoms with van der Waals surface area (Å²) in [4.78, 5) is 0. The molecule has 0 bridgehead atoms. The van der Waals surface area contributed by atoms with Gasteiger partial charge in [-0.25, -0.2) is 8.78 Å². The molecule has 1 rings (SSSR count). The zero-order valence-corrected chi connectivity index (χ0v) is 5.29. The van der Waals surface area contributed by atoms with Crippen molar-refractivity contribution in [3.8, 4) is 0 Å². The summed E-state index contributed by atoms with van der Waals surface area (Å²) in [5, 5.41) is 0. The lowest BCUT2D eigenvalue weighted by molar-refractivity contribution is 0.508. The van der Waals surface area contributed by atoms with Crippen LogP contribution in [0.3, 0.4) is 0 Å². The van der Waals surface area contributed by atoms with Gasteiger partial charge in [-0.2, -0.15) is 0 Å². The van der Waals surface area contributed by atoms with Crippen molar-refractivity contribution in [2.24, 2.45) is 0 Å². The van der Waals surface area contributed by atoms with Crippen LogP contribution in [0.1, 0.15) is 0 Å². The van der Waals surface area contributed by atoms with E-state index in [4.69, 9.17) is 0 Å². The standard InChI is InChI=1S/C6H4F2.ClH/c7-5-3-1-2-4-6(5)8;/h1-4H;1H. The van der Waals surface area contributed by atoms with Crippen LogP contribution in [-0.2, 0) is 0 Å². The highest BCUT2D eigenvalue weighted by atomic mass is 35.5. The summed E-state index contributed by atoms with van der Waals surface area (Å²) in [6.45, 7) is 0. The Balaban J connectivity index is 0.000000640. The molecule has 0 aliphatic carbocycles. The third kappa shape index (κ3) is 1.98. The highest BCUT2D eigenvalue weighted by molar-refractivity contribution is 5.85. The minimum atomic E-state index is -0.799. The number of halogens is 3. The van der Waals surface area contributed by atoms with Gasteiger partial charge in [0.25, 0.3) is 0 Å². The van der Waals surface area contributed by atoms with E-state index >= 15 is 0 Å². The molecule has 0 aliphatic heterocycles. The van der Waals surface area contributed by atoms with Crippen molar-refractivity contribution in [2.45, 2.75) is 0 Å². The third-order valence-corrected chi connectivity index (χ3v) is 0.824. The molecule has 0 fully saturated rings. The van der Waals surface area contributed by atoms with Gasteiger partial charge in [0.1, 0.15) is 0 Å². The topological polar surface area (TPSA) is 0 Å². The molecule has 1 aromatic rings. The molecular weight excluding hydrogens is 146 g/mol. The van der Waals surface area contributed by atoms with E-state index in [1.54, 1.807) is 0 Å². The molecular formula is C6H5ClF2. The fraction of sp³-hybridized carbons (Fsp3) is 0. The summed E-state index contributed by atoms with van der Waals surface area (Å²) in [7, 11) is 0. The van der Waals surface area contributed by atoms with Crippen LogP contribution in [0.15, 0.2) is 24.3 Å². The largest absolute Gasteiger partial charge is 0.204 e. The first-order chi connectivity index (χ1) is 3.80. The summed E-state index contributed by atoms with van der Waals surface area (Å²) in [5.41, 5.74) is 0. The molecule has 0 spiro atoms. The molecule has 9 heavy (non-hydrogen) atoms. The lowest BCUT2D eigenvalue weighted by Gasteiger charge is -1.85. The third-order valence-electron chi connectivity index (χ3n) is 0.824. The maximum Gasteiger partial charge on any atom is 0.158 e. The van der Waals surface area contributed by atoms with E-state index in [9.17, 15) is 8.78 Å². The fourth-order valence-electron chi connectivity index (χ4n) is 0.439. The summed E-state index contributed by atoms with van der Waals surface area (Å²) in [5.74, 6) is -1.60. The van der Waals surface area contributed by atoms with Crippen molar-refractivity contribution in [2.75, 3.05) is 0 Å². The first-order valence-electron chi connectivity index (χ1n) is 2.21. The zero-order valence-electron chi connectivity index (χ0n) is 4.47. The fourth-order valence-corrected chi connectivity index (χ4v) is 0.439. The first-order valence-corrected chi connectivity index (χ1v) is 2.21. The second-order valence-electron chi connectivity index (χ2n) is 1.41. The van der Waals surface area contributed by atoms with Crippen molar-refractivity contribution >= 4 is 12.4 Å². The maximum absolute atomic E-state index is 11.9. The van der Waals surface area contributed by atoms with E-state index in [2.05, 4.69) is 0 Å². The molecule has 0 nitrogen and oxygen atoms in total. The van der Waals surface area contributed by atoms with E-state index in [1.807, 2.05) is 0 Å². The Morgan fingerprint density at radius 2 is 1.22 bits per heavy atom. The normalized spacial score (nSPS) is 8.22. The molecule has 0 N–H and O–H groups in total. The molecule has 1 aromatic carbocycles. The van der Waals surface area contributed by atoms with Gasteiger partial charge < -0.3 is 0 Å². The van der Waals surface area contributed by atoms with Crippen LogP contribution in [0.4, 0.5) is 8.78 Å². The van der Waals surface area contributed by atoms with Crippen molar-refractivity contribution in [1.82, 2.24) is 0 Å². The molecule has 3 heteroatoms. The molecule has 0 heterocycles. The minimum Gasteiger partial charge on any atom is -0.204 e. The van der Waals surface area contributed by atoms with E-state index in [0.29, 0.717) is 0 Å². The van der Waals surface area contributed by atoms with Crippen LogP contribution in [0.5, 0.6) is 0 Å². The molecule has 0 aliphatic rings. The Morgan fingerprint density at radius 1 is 0.889 bits per heavy atom. The van der Waals surface area contributed by atoms with Crippen molar-refractivity contribution in [3.05, 3.63) is 35.9 Å². The number of hydrogen-bond acceptors (Lipinski definition) is 0. The number of rotatable bonds is 0. The van der Waals surface area contributed by atoms with Crippen molar-refractivity contribution in [1.29, 1.82) is 0 Å². The van der Waals surface area contributed by atoms with Gasteiger partial charge in [0, 0.05) is 0 Å². The molecule has 0 amide bonds. The van der Waals surface area contributed by atoms with Crippen molar-refractivity contribution < 1.29 is 8.78 Å². The van der Waals surface area contributed by atoms with Gasteiger partial charge in [0.15, 0.2) is 11.6 Å². The molecule has 0 unspecified atom stereocenters. The maximum atomic E-state index is 11.9. The highest BCUT2D eigenvalue weighted by Gasteiger charge is 1.93. The summed E-state index contributed by atoms with van der Waals surface area (Å²) < 4.78 is 23.9. The van der Waals surface area contributed by atoms with E-state index in [0.717, 1.165) is 12.1 Å². The van der Waals surface area contributed by atoms with E-state index < -0.39 is 11.6 Å². The van der Waals surface area contributed by atoms with Gasteiger partial charge in [0.2, 0.25) is 0 Å². The smallest absolute Gasteiger partial charge is 0.158 e. The average molecular weight is 151 g/mol. The SMILES string of the molecule is Cl.Fc1ccccc1F. The van der Waals surface area contributed by atoms with E-state index in [-0.39, 0.29) is 12.4 Å². The van der Waals surface area contributed by atoms with Gasteiger partial charge in [0.05, 0.1) is 0 Å². The lowest BCUT2D eigenvalue weighted by Crippen LogP contribution is -1.77. The minimum absolute atomic E-state index is 0. The quantitative estimate of drug-likeness (QED) is 0.533. The summed E-state index contributed by atoms with van der Waals surface area (Å²) >= 11 is 0. The summed E-state index contributed by atoms with van der Waals surface area (Å²) in [6, 6.07) is 5.04. The van der Waals surface area contributed by atoms with Crippen LogP contribution < -0.4 is 0 Å². The van der Waals surface area contributed by atoms with Gasteiger partial charge in [-0.05, 0) is 12.1 Å². The first kappa shape index (κ1) is 8.37. The Labute approximate surface area is 57.9 Å². The van der Waals surface area contributed by atoms with Gasteiger partial charge in [-0.1, -0.05) is 12.1 Å². The lowest BCUT2D eigenvalue weighted by atomic mass is 10.3. The van der Waals surface area contributed by atoms with Crippen LogP contribution >= 0.6 is 12.4 Å². The molecule has 50 valence electrons. The molecule has 0 saturated carbocycles. The number of hydrogen-bond donors (Lipinski definition) is 0. The zero-order chi connectivity index (χ0) is 5.98. The molecule has 0 aromatic heterocycles. The van der Waals surface area contributed by atoms with Crippen LogP contribution in [0.25, 0.3) is 0 Å². The molecule has 0 saturated heterocycles. The highest BCUT2D eigenvalue weighted by Crippen LogP contribution is 2.01. The van der Waals surface area contributed by atoms with Gasteiger partial charge in [-0.15, -0.1) is 12.4 Å². The monoisotopic (exact) mass is 150 g/mol. The Hall–Kier alpha value is -0.630. The number of benzene rings is 1. The van der Waals surface area contributed by atoms with Crippen LogP contribution in [-0.4, -0.2) is 0 Å². The van der Waals surface area contributed by atoms with E-state index in [1.165, 1.54) is 12.1 Å². The van der Waals surface area contributed by atoms with Crippen LogP contribution in [0.2, 0.25) is 0 Å². The second-order valence-corrected chi connectivity index (χ2v) is 1.41. The molecule has 0 atom stereocenters. The van der Waals surface area contributed by atoms with Gasteiger partial charge in [-0.3, -0.25) is 0 Å². The Bertz CT molecular complexity index is 167. The average Bonchev–Trinajstić information content (AvgIpc) is 1.77.